The van der Waals surface area contributed by atoms with E-state index >= 15 is 0 Å². The number of benzene rings is 1. The summed E-state index contributed by atoms with van der Waals surface area (Å²) in [5.41, 5.74) is 0.564. The van der Waals surface area contributed by atoms with Crippen molar-refractivity contribution >= 4 is 0 Å². The van der Waals surface area contributed by atoms with E-state index in [1.807, 2.05) is 0 Å². The SMILES string of the molecule is CCCC1CCC(C#Cc2ccc(F)c(F)c2)CC1. The van der Waals surface area contributed by atoms with Crippen LogP contribution in [0.4, 0.5) is 8.78 Å². The number of halogens is 2. The Balaban J connectivity index is 1.92. The van der Waals surface area contributed by atoms with E-state index in [1.165, 1.54) is 37.8 Å². The third kappa shape index (κ3) is 4.06. The monoisotopic (exact) mass is 262 g/mol. The standard InChI is InChI=1S/C17H20F2/c1-2-3-13-4-6-14(7-5-13)8-9-15-10-11-16(18)17(19)12-15/h10-14H,2-7H2,1H3. The largest absolute Gasteiger partial charge is 0.204 e. The molecule has 1 aliphatic carbocycles. The summed E-state index contributed by atoms with van der Waals surface area (Å²) >= 11 is 0. The lowest BCUT2D eigenvalue weighted by Gasteiger charge is -2.25. The molecule has 102 valence electrons. The van der Waals surface area contributed by atoms with E-state index in [4.69, 9.17) is 0 Å². The number of hydrogen-bond acceptors (Lipinski definition) is 0. The summed E-state index contributed by atoms with van der Waals surface area (Å²) in [5.74, 6) is 5.83. The molecule has 1 aromatic carbocycles. The smallest absolute Gasteiger partial charge is 0.160 e. The Bertz CT molecular complexity index is 474. The Kier molecular flexibility index (Phi) is 4.96. The summed E-state index contributed by atoms with van der Waals surface area (Å²) in [7, 11) is 0. The lowest BCUT2D eigenvalue weighted by molar-refractivity contribution is 0.300. The minimum atomic E-state index is -0.821. The van der Waals surface area contributed by atoms with Gasteiger partial charge in [-0.1, -0.05) is 31.6 Å². The molecule has 0 aliphatic heterocycles. The maximum atomic E-state index is 13.0. The van der Waals surface area contributed by atoms with Crippen LogP contribution in [0.3, 0.4) is 0 Å². The van der Waals surface area contributed by atoms with Gasteiger partial charge in [-0.2, -0.15) is 0 Å². The molecule has 1 aromatic rings. The van der Waals surface area contributed by atoms with E-state index in [0.29, 0.717) is 11.5 Å². The fourth-order valence-corrected chi connectivity index (χ4v) is 2.76. The van der Waals surface area contributed by atoms with Crippen LogP contribution in [0.2, 0.25) is 0 Å². The van der Waals surface area contributed by atoms with Crippen molar-refractivity contribution in [1.29, 1.82) is 0 Å². The topological polar surface area (TPSA) is 0 Å². The molecule has 0 aromatic heterocycles. The van der Waals surface area contributed by atoms with E-state index in [2.05, 4.69) is 18.8 Å². The van der Waals surface area contributed by atoms with Gasteiger partial charge in [0.1, 0.15) is 0 Å². The molecule has 2 heteroatoms. The molecule has 0 saturated heterocycles. The lowest BCUT2D eigenvalue weighted by Crippen LogP contribution is -2.13. The zero-order chi connectivity index (χ0) is 13.7. The van der Waals surface area contributed by atoms with E-state index in [0.717, 1.165) is 24.8 Å². The van der Waals surface area contributed by atoms with Crippen LogP contribution >= 0.6 is 0 Å². The first-order chi connectivity index (χ1) is 9.19. The second-order valence-electron chi connectivity index (χ2n) is 5.40. The van der Waals surface area contributed by atoms with E-state index in [-0.39, 0.29) is 0 Å². The Morgan fingerprint density at radius 1 is 1.11 bits per heavy atom. The Morgan fingerprint density at radius 2 is 1.84 bits per heavy atom. The van der Waals surface area contributed by atoms with Gasteiger partial charge in [-0.3, -0.25) is 0 Å². The Hall–Kier alpha value is -1.36. The van der Waals surface area contributed by atoms with Crippen molar-refractivity contribution in [3.05, 3.63) is 35.4 Å². The highest BCUT2D eigenvalue weighted by Crippen LogP contribution is 2.31. The van der Waals surface area contributed by atoms with Gasteiger partial charge in [0.2, 0.25) is 0 Å². The second kappa shape index (κ2) is 6.70. The molecule has 0 bridgehead atoms. The molecule has 0 amide bonds. The Labute approximate surface area is 114 Å². The van der Waals surface area contributed by atoms with Gasteiger partial charge in [0, 0.05) is 11.5 Å². The third-order valence-electron chi connectivity index (χ3n) is 3.88. The molecule has 2 rings (SSSR count). The van der Waals surface area contributed by atoms with Gasteiger partial charge in [0.15, 0.2) is 11.6 Å². The fraction of sp³-hybridized carbons (Fsp3) is 0.529. The predicted octanol–water partition coefficient (Wildman–Crippen LogP) is 4.92. The van der Waals surface area contributed by atoms with Crippen LogP contribution in [0.1, 0.15) is 51.0 Å². The molecular formula is C17H20F2. The molecule has 0 heterocycles. The summed E-state index contributed by atoms with van der Waals surface area (Å²) in [6.45, 7) is 2.23. The van der Waals surface area contributed by atoms with Crippen LogP contribution in [0, 0.1) is 35.3 Å². The first-order valence-electron chi connectivity index (χ1n) is 7.15. The molecule has 0 nitrogen and oxygen atoms in total. The molecule has 1 fully saturated rings. The fourth-order valence-electron chi connectivity index (χ4n) is 2.76. The summed E-state index contributed by atoms with van der Waals surface area (Å²) < 4.78 is 25.8. The van der Waals surface area contributed by atoms with Crippen molar-refractivity contribution in [2.24, 2.45) is 11.8 Å². The van der Waals surface area contributed by atoms with Crippen LogP contribution in [0.25, 0.3) is 0 Å². The maximum Gasteiger partial charge on any atom is 0.160 e. The predicted molar refractivity (Wildman–Crippen MR) is 73.6 cm³/mol. The van der Waals surface area contributed by atoms with Crippen molar-refractivity contribution in [3.8, 4) is 11.8 Å². The number of rotatable bonds is 2. The normalized spacial score (nSPS) is 22.7. The molecule has 0 N–H and O–H groups in total. The zero-order valence-electron chi connectivity index (χ0n) is 11.4. The summed E-state index contributed by atoms with van der Waals surface area (Å²) in [6, 6.07) is 3.84. The second-order valence-corrected chi connectivity index (χ2v) is 5.40. The lowest BCUT2D eigenvalue weighted by atomic mass is 9.80. The van der Waals surface area contributed by atoms with Crippen molar-refractivity contribution in [2.75, 3.05) is 0 Å². The van der Waals surface area contributed by atoms with Crippen molar-refractivity contribution in [2.45, 2.75) is 45.4 Å². The van der Waals surface area contributed by atoms with Crippen molar-refractivity contribution < 1.29 is 8.78 Å². The molecule has 0 spiro atoms. The highest BCUT2D eigenvalue weighted by molar-refractivity contribution is 5.35. The highest BCUT2D eigenvalue weighted by Gasteiger charge is 2.18. The van der Waals surface area contributed by atoms with Gasteiger partial charge in [-0.25, -0.2) is 8.78 Å². The van der Waals surface area contributed by atoms with Gasteiger partial charge in [0.05, 0.1) is 0 Å². The zero-order valence-corrected chi connectivity index (χ0v) is 11.4. The summed E-state index contributed by atoms with van der Waals surface area (Å²) in [6.07, 6.45) is 7.37. The summed E-state index contributed by atoms with van der Waals surface area (Å²) in [4.78, 5) is 0. The number of hydrogen-bond donors (Lipinski definition) is 0. The minimum absolute atomic E-state index is 0.418. The van der Waals surface area contributed by atoms with Crippen LogP contribution < -0.4 is 0 Å². The first-order valence-corrected chi connectivity index (χ1v) is 7.15. The van der Waals surface area contributed by atoms with Gasteiger partial charge in [0.25, 0.3) is 0 Å². The van der Waals surface area contributed by atoms with Crippen LogP contribution in [-0.4, -0.2) is 0 Å². The Morgan fingerprint density at radius 3 is 2.47 bits per heavy atom. The van der Waals surface area contributed by atoms with Crippen LogP contribution in [0.5, 0.6) is 0 Å². The maximum absolute atomic E-state index is 13.0. The van der Waals surface area contributed by atoms with E-state index < -0.39 is 11.6 Å². The molecule has 0 unspecified atom stereocenters. The van der Waals surface area contributed by atoms with Crippen LogP contribution in [-0.2, 0) is 0 Å². The minimum Gasteiger partial charge on any atom is -0.204 e. The van der Waals surface area contributed by atoms with Gasteiger partial charge < -0.3 is 0 Å². The van der Waals surface area contributed by atoms with Gasteiger partial charge in [-0.05, 0) is 49.8 Å². The van der Waals surface area contributed by atoms with E-state index in [9.17, 15) is 8.78 Å². The quantitative estimate of drug-likeness (QED) is 0.663. The average molecular weight is 262 g/mol. The van der Waals surface area contributed by atoms with Gasteiger partial charge >= 0.3 is 0 Å². The molecule has 1 saturated carbocycles. The molecule has 19 heavy (non-hydrogen) atoms. The average Bonchev–Trinajstić information content (AvgIpc) is 2.42. The van der Waals surface area contributed by atoms with E-state index in [1.54, 1.807) is 0 Å². The first kappa shape index (κ1) is 14.1. The molecule has 1 aliphatic rings. The van der Waals surface area contributed by atoms with Crippen molar-refractivity contribution in [3.63, 3.8) is 0 Å². The molecule has 0 atom stereocenters. The molecule has 0 radical (unpaired) electrons. The highest BCUT2D eigenvalue weighted by atomic mass is 19.2. The van der Waals surface area contributed by atoms with Crippen molar-refractivity contribution in [1.82, 2.24) is 0 Å². The van der Waals surface area contributed by atoms with Crippen LogP contribution in [0.15, 0.2) is 18.2 Å². The van der Waals surface area contributed by atoms with Gasteiger partial charge in [-0.15, -0.1) is 0 Å². The summed E-state index contributed by atoms with van der Waals surface area (Å²) in [5, 5.41) is 0. The molecular weight excluding hydrogens is 242 g/mol. The third-order valence-corrected chi connectivity index (χ3v) is 3.88.